The molecule has 0 saturated heterocycles. The van der Waals surface area contributed by atoms with Crippen LogP contribution in [0.15, 0.2) is 12.2 Å². The van der Waals surface area contributed by atoms with E-state index in [2.05, 4.69) is 0 Å². The molecular formula is C9H15NO5. The van der Waals surface area contributed by atoms with Gasteiger partial charge in [0, 0.05) is 17.6 Å². The van der Waals surface area contributed by atoms with Gasteiger partial charge in [0.05, 0.1) is 0 Å². The molecule has 0 aliphatic rings. The van der Waals surface area contributed by atoms with Crippen molar-refractivity contribution >= 4 is 17.8 Å². The molecule has 0 unspecified atom stereocenters. The van der Waals surface area contributed by atoms with Gasteiger partial charge in [-0.1, -0.05) is 20.8 Å². The minimum Gasteiger partial charge on any atom is -0.478 e. The van der Waals surface area contributed by atoms with Gasteiger partial charge in [-0.05, 0) is 0 Å². The maximum Gasteiger partial charge on any atom is 0.328 e. The van der Waals surface area contributed by atoms with Gasteiger partial charge in [-0.2, -0.15) is 0 Å². The van der Waals surface area contributed by atoms with Gasteiger partial charge in [-0.3, -0.25) is 4.79 Å². The zero-order valence-electron chi connectivity index (χ0n) is 8.85. The van der Waals surface area contributed by atoms with Gasteiger partial charge < -0.3 is 15.9 Å². The second-order valence-corrected chi connectivity index (χ2v) is 3.62. The fourth-order valence-electron chi connectivity index (χ4n) is 0.143. The number of primary amides is 1. The topological polar surface area (TPSA) is 118 Å². The largest absolute Gasteiger partial charge is 0.478 e. The summed E-state index contributed by atoms with van der Waals surface area (Å²) in [6, 6.07) is 0. The van der Waals surface area contributed by atoms with Crippen molar-refractivity contribution < 1.29 is 24.6 Å². The lowest BCUT2D eigenvalue weighted by Crippen LogP contribution is -2.27. The van der Waals surface area contributed by atoms with E-state index in [9.17, 15) is 14.4 Å². The third kappa shape index (κ3) is 15.0. The predicted octanol–water partition coefficient (Wildman–Crippen LogP) is 0.230. The van der Waals surface area contributed by atoms with Crippen molar-refractivity contribution in [1.29, 1.82) is 0 Å². The van der Waals surface area contributed by atoms with Crippen molar-refractivity contribution in [1.82, 2.24) is 0 Å². The quantitative estimate of drug-likeness (QED) is 0.572. The summed E-state index contributed by atoms with van der Waals surface area (Å²) < 4.78 is 0. The Kier molecular flexibility index (Phi) is 6.85. The van der Waals surface area contributed by atoms with Crippen LogP contribution < -0.4 is 5.73 Å². The number of rotatable bonds is 2. The molecule has 0 aromatic heterocycles. The lowest BCUT2D eigenvalue weighted by Gasteiger charge is -2.10. The zero-order valence-corrected chi connectivity index (χ0v) is 8.85. The first kappa shape index (κ1) is 15.6. The van der Waals surface area contributed by atoms with Crippen LogP contribution in [0.1, 0.15) is 20.8 Å². The molecule has 0 rings (SSSR count). The Balaban J connectivity index is 0. The van der Waals surface area contributed by atoms with Gasteiger partial charge in [-0.25, -0.2) is 9.59 Å². The van der Waals surface area contributed by atoms with Crippen molar-refractivity contribution in [3.63, 3.8) is 0 Å². The van der Waals surface area contributed by atoms with Crippen LogP contribution in [0.5, 0.6) is 0 Å². The van der Waals surface area contributed by atoms with Crippen LogP contribution >= 0.6 is 0 Å². The lowest BCUT2D eigenvalue weighted by atomic mass is 9.96. The average molecular weight is 217 g/mol. The highest BCUT2D eigenvalue weighted by molar-refractivity contribution is 5.89. The van der Waals surface area contributed by atoms with Crippen LogP contribution in [0.2, 0.25) is 0 Å². The number of nitrogens with two attached hydrogens (primary N) is 1. The van der Waals surface area contributed by atoms with E-state index in [4.69, 9.17) is 15.9 Å². The number of hydrogen-bond acceptors (Lipinski definition) is 3. The van der Waals surface area contributed by atoms with E-state index in [1.807, 2.05) is 0 Å². The Hall–Kier alpha value is -1.85. The van der Waals surface area contributed by atoms with Crippen molar-refractivity contribution in [2.24, 2.45) is 11.1 Å². The molecule has 0 aliphatic heterocycles. The number of hydrogen-bond donors (Lipinski definition) is 3. The van der Waals surface area contributed by atoms with Gasteiger partial charge in [-0.15, -0.1) is 0 Å². The Morgan fingerprint density at radius 1 is 1.00 bits per heavy atom. The predicted molar refractivity (Wildman–Crippen MR) is 53.1 cm³/mol. The summed E-state index contributed by atoms with van der Waals surface area (Å²) in [6.07, 6.45) is 1.12. The van der Waals surface area contributed by atoms with Crippen molar-refractivity contribution in [2.45, 2.75) is 20.8 Å². The van der Waals surface area contributed by atoms with Gasteiger partial charge in [0.2, 0.25) is 5.91 Å². The molecule has 15 heavy (non-hydrogen) atoms. The second-order valence-electron chi connectivity index (χ2n) is 3.62. The van der Waals surface area contributed by atoms with Crippen LogP contribution in [0.4, 0.5) is 0 Å². The minimum atomic E-state index is -1.26. The normalized spacial score (nSPS) is 10.3. The molecule has 4 N–H and O–H groups in total. The molecule has 0 heterocycles. The molecule has 0 fully saturated rings. The third-order valence-corrected chi connectivity index (χ3v) is 1.11. The number of aliphatic carboxylic acids is 2. The molecular weight excluding hydrogens is 202 g/mol. The Bertz CT molecular complexity index is 259. The summed E-state index contributed by atoms with van der Waals surface area (Å²) in [5, 5.41) is 15.6. The van der Waals surface area contributed by atoms with E-state index >= 15 is 0 Å². The molecule has 0 radical (unpaired) electrons. The maximum absolute atomic E-state index is 10.2. The Morgan fingerprint density at radius 3 is 1.27 bits per heavy atom. The van der Waals surface area contributed by atoms with E-state index in [0.717, 1.165) is 0 Å². The lowest BCUT2D eigenvalue weighted by molar-refractivity contribution is -0.134. The Morgan fingerprint density at radius 2 is 1.20 bits per heavy atom. The first-order valence-electron chi connectivity index (χ1n) is 4.01. The number of carboxylic acid groups (broad SMARTS) is 2. The molecule has 6 heteroatoms. The molecule has 0 aliphatic carbocycles. The van der Waals surface area contributed by atoms with E-state index < -0.39 is 11.9 Å². The summed E-state index contributed by atoms with van der Waals surface area (Å²) in [5.74, 6) is -2.77. The summed E-state index contributed by atoms with van der Waals surface area (Å²) in [4.78, 5) is 29.4. The summed E-state index contributed by atoms with van der Waals surface area (Å²) in [7, 11) is 0. The van der Waals surface area contributed by atoms with Crippen molar-refractivity contribution in [3.8, 4) is 0 Å². The summed E-state index contributed by atoms with van der Waals surface area (Å²) in [6.45, 7) is 5.36. The molecule has 6 nitrogen and oxygen atoms in total. The van der Waals surface area contributed by atoms with Crippen LogP contribution in [0.25, 0.3) is 0 Å². The SMILES string of the molecule is CC(C)(C)C(N)=O.O=C(O)/C=C\C(=O)O. The summed E-state index contributed by atoms with van der Waals surface area (Å²) >= 11 is 0. The highest BCUT2D eigenvalue weighted by Crippen LogP contribution is 2.09. The Labute approximate surface area is 87.4 Å². The second kappa shape index (κ2) is 6.58. The number of carboxylic acids is 2. The van der Waals surface area contributed by atoms with Crippen LogP contribution in [-0.2, 0) is 14.4 Å². The van der Waals surface area contributed by atoms with E-state index in [-0.39, 0.29) is 11.3 Å². The van der Waals surface area contributed by atoms with Crippen LogP contribution in [0.3, 0.4) is 0 Å². The molecule has 0 aromatic carbocycles. The number of amides is 1. The molecule has 0 spiro atoms. The van der Waals surface area contributed by atoms with E-state index in [0.29, 0.717) is 12.2 Å². The van der Waals surface area contributed by atoms with Gasteiger partial charge in [0.25, 0.3) is 0 Å². The van der Waals surface area contributed by atoms with Crippen LogP contribution in [-0.4, -0.2) is 28.1 Å². The molecule has 0 bridgehead atoms. The monoisotopic (exact) mass is 217 g/mol. The molecule has 0 atom stereocenters. The fraction of sp³-hybridized carbons (Fsp3) is 0.444. The smallest absolute Gasteiger partial charge is 0.328 e. The third-order valence-electron chi connectivity index (χ3n) is 1.11. The van der Waals surface area contributed by atoms with Gasteiger partial charge >= 0.3 is 11.9 Å². The molecule has 86 valence electrons. The average Bonchev–Trinajstić information content (AvgIpc) is 2.00. The molecule has 1 amide bonds. The van der Waals surface area contributed by atoms with Gasteiger partial charge in [0.1, 0.15) is 0 Å². The maximum atomic E-state index is 10.2. The number of carbonyl (C=O) groups is 3. The molecule has 0 saturated carbocycles. The number of carbonyl (C=O) groups excluding carboxylic acids is 1. The first-order chi connectivity index (χ1) is 6.57. The van der Waals surface area contributed by atoms with Crippen molar-refractivity contribution in [2.75, 3.05) is 0 Å². The van der Waals surface area contributed by atoms with Crippen LogP contribution in [0, 0.1) is 5.41 Å². The van der Waals surface area contributed by atoms with Crippen molar-refractivity contribution in [3.05, 3.63) is 12.2 Å². The molecule has 0 aromatic rings. The standard InChI is InChI=1S/C5H11NO.C4H4O4/c1-5(2,3)4(6)7;5-3(6)1-2-4(7)8/h1-3H3,(H2,6,7);1-2H,(H,5,6)(H,7,8)/b;2-1-. The highest BCUT2D eigenvalue weighted by Gasteiger charge is 2.16. The van der Waals surface area contributed by atoms with Gasteiger partial charge in [0.15, 0.2) is 0 Å². The fourth-order valence-corrected chi connectivity index (χ4v) is 0.143. The summed E-state index contributed by atoms with van der Waals surface area (Å²) in [5.41, 5.74) is 4.57. The highest BCUT2D eigenvalue weighted by atomic mass is 16.4. The zero-order chi connectivity index (χ0) is 12.6. The first-order valence-corrected chi connectivity index (χ1v) is 4.01. The minimum absolute atomic E-state index is 0.257. The van der Waals surface area contributed by atoms with E-state index in [1.54, 1.807) is 20.8 Å². The van der Waals surface area contributed by atoms with E-state index in [1.165, 1.54) is 0 Å².